The van der Waals surface area contributed by atoms with E-state index in [4.69, 9.17) is 0 Å². The Balaban J connectivity index is 2.24. The summed E-state index contributed by atoms with van der Waals surface area (Å²) in [5.41, 5.74) is 1.74. The van der Waals surface area contributed by atoms with Crippen LogP contribution in [0.5, 0.6) is 0 Å². The van der Waals surface area contributed by atoms with E-state index in [9.17, 15) is 4.79 Å². The normalized spacial score (nSPS) is 20.1. The molecule has 0 radical (unpaired) electrons. The average Bonchev–Trinajstić information content (AvgIpc) is 2.39. The van der Waals surface area contributed by atoms with Gasteiger partial charge in [0.05, 0.1) is 6.04 Å². The second-order valence-electron chi connectivity index (χ2n) is 4.58. The number of likely N-dealkylation sites (tertiary alicyclic amines) is 1. The van der Waals surface area contributed by atoms with Crippen LogP contribution in [0, 0.1) is 0 Å². The van der Waals surface area contributed by atoms with Crippen LogP contribution < -0.4 is 0 Å². The molecule has 2 heterocycles. The van der Waals surface area contributed by atoms with Crippen LogP contribution in [0.3, 0.4) is 0 Å². The van der Waals surface area contributed by atoms with E-state index in [1.165, 1.54) is 6.42 Å². The van der Waals surface area contributed by atoms with Gasteiger partial charge in [-0.25, -0.2) is 0 Å². The number of hydrogen-bond donors (Lipinski definition) is 0. The summed E-state index contributed by atoms with van der Waals surface area (Å²) in [5.74, 6) is 0.0681. The Hall–Kier alpha value is -1.64. The molecule has 0 aliphatic carbocycles. The number of pyridine rings is 1. The molecule has 3 heteroatoms. The number of nitrogens with zero attached hydrogens (tertiary/aromatic N) is 2. The lowest BCUT2D eigenvalue weighted by Crippen LogP contribution is -2.38. The molecule has 1 aliphatic rings. The van der Waals surface area contributed by atoms with Crippen LogP contribution in [-0.2, 0) is 4.79 Å². The van der Waals surface area contributed by atoms with Gasteiger partial charge in [0.1, 0.15) is 0 Å². The molecule has 0 unspecified atom stereocenters. The van der Waals surface area contributed by atoms with E-state index in [-0.39, 0.29) is 11.9 Å². The van der Waals surface area contributed by atoms with Crippen molar-refractivity contribution < 1.29 is 4.79 Å². The monoisotopic (exact) mass is 230 g/mol. The van der Waals surface area contributed by atoms with Crippen LogP contribution in [0.4, 0.5) is 0 Å². The van der Waals surface area contributed by atoms with Crippen molar-refractivity contribution in [2.75, 3.05) is 6.54 Å². The molecule has 90 valence electrons. The summed E-state index contributed by atoms with van der Waals surface area (Å²) in [7, 11) is 0. The molecule has 0 aromatic carbocycles. The van der Waals surface area contributed by atoms with Crippen molar-refractivity contribution in [3.8, 4) is 0 Å². The van der Waals surface area contributed by atoms with Crippen molar-refractivity contribution in [2.45, 2.75) is 32.2 Å². The van der Waals surface area contributed by atoms with Crippen molar-refractivity contribution in [3.05, 3.63) is 42.2 Å². The zero-order valence-corrected chi connectivity index (χ0v) is 10.2. The molecule has 0 spiro atoms. The fraction of sp³-hybridized carbons (Fsp3) is 0.429. The standard InChI is InChI=1S/C14H18N2O/c1-11(2)14(17)16-9-4-3-7-13(16)12-6-5-8-15-10-12/h5-6,8,10,13H,1,3-4,7,9H2,2H3/t13-/m0/s1. The highest BCUT2D eigenvalue weighted by atomic mass is 16.2. The van der Waals surface area contributed by atoms with Crippen LogP contribution >= 0.6 is 0 Å². The molecule has 1 saturated heterocycles. The SMILES string of the molecule is C=C(C)C(=O)N1CCCC[C@H]1c1cccnc1. The Morgan fingerprint density at radius 2 is 2.35 bits per heavy atom. The summed E-state index contributed by atoms with van der Waals surface area (Å²) in [6.45, 7) is 6.35. The molecule has 0 bridgehead atoms. The summed E-state index contributed by atoms with van der Waals surface area (Å²) in [6, 6.07) is 4.14. The van der Waals surface area contributed by atoms with Gasteiger partial charge < -0.3 is 4.90 Å². The highest BCUT2D eigenvalue weighted by molar-refractivity contribution is 5.92. The van der Waals surface area contributed by atoms with Gasteiger partial charge in [-0.2, -0.15) is 0 Å². The van der Waals surface area contributed by atoms with E-state index in [0.29, 0.717) is 5.57 Å². The van der Waals surface area contributed by atoms with Crippen molar-refractivity contribution in [1.29, 1.82) is 0 Å². The van der Waals surface area contributed by atoms with Gasteiger partial charge in [-0.1, -0.05) is 12.6 Å². The number of carbonyl (C=O) groups excluding carboxylic acids is 1. The van der Waals surface area contributed by atoms with Gasteiger partial charge in [0, 0.05) is 24.5 Å². The van der Waals surface area contributed by atoms with Crippen LogP contribution in [0.15, 0.2) is 36.7 Å². The van der Waals surface area contributed by atoms with Gasteiger partial charge >= 0.3 is 0 Å². The number of hydrogen-bond acceptors (Lipinski definition) is 2. The van der Waals surface area contributed by atoms with Crippen molar-refractivity contribution in [1.82, 2.24) is 9.88 Å². The van der Waals surface area contributed by atoms with Gasteiger partial charge in [-0.15, -0.1) is 0 Å². The summed E-state index contributed by atoms with van der Waals surface area (Å²) < 4.78 is 0. The molecule has 3 nitrogen and oxygen atoms in total. The lowest BCUT2D eigenvalue weighted by atomic mass is 9.96. The first-order chi connectivity index (χ1) is 8.20. The van der Waals surface area contributed by atoms with E-state index in [0.717, 1.165) is 24.9 Å². The van der Waals surface area contributed by atoms with Gasteiger partial charge in [-0.05, 0) is 37.8 Å². The molecule has 1 aromatic heterocycles. The zero-order valence-electron chi connectivity index (χ0n) is 10.2. The predicted molar refractivity (Wildman–Crippen MR) is 67.4 cm³/mol. The van der Waals surface area contributed by atoms with Crippen LogP contribution in [0.2, 0.25) is 0 Å². The van der Waals surface area contributed by atoms with Crippen molar-refractivity contribution in [2.24, 2.45) is 0 Å². The Bertz CT molecular complexity index is 413. The van der Waals surface area contributed by atoms with Crippen molar-refractivity contribution >= 4 is 5.91 Å². The second kappa shape index (κ2) is 5.13. The topological polar surface area (TPSA) is 33.2 Å². The molecule has 0 saturated carbocycles. The van der Waals surface area contributed by atoms with Crippen LogP contribution in [0.25, 0.3) is 0 Å². The fourth-order valence-electron chi connectivity index (χ4n) is 2.34. The third kappa shape index (κ3) is 2.54. The number of rotatable bonds is 2. The van der Waals surface area contributed by atoms with Gasteiger partial charge in [0.25, 0.3) is 0 Å². The number of carbonyl (C=O) groups is 1. The summed E-state index contributed by atoms with van der Waals surface area (Å²) in [5, 5.41) is 0. The summed E-state index contributed by atoms with van der Waals surface area (Å²) in [4.78, 5) is 18.2. The minimum absolute atomic E-state index is 0.0681. The van der Waals surface area contributed by atoms with E-state index in [2.05, 4.69) is 11.6 Å². The smallest absolute Gasteiger partial charge is 0.249 e. The Morgan fingerprint density at radius 3 is 3.00 bits per heavy atom. The molecule has 1 atom stereocenters. The maximum absolute atomic E-state index is 12.1. The second-order valence-corrected chi connectivity index (χ2v) is 4.58. The third-order valence-corrected chi connectivity index (χ3v) is 3.20. The van der Waals surface area contributed by atoms with E-state index in [1.807, 2.05) is 23.2 Å². The van der Waals surface area contributed by atoms with Crippen molar-refractivity contribution in [3.63, 3.8) is 0 Å². The van der Waals surface area contributed by atoms with Crippen LogP contribution in [0.1, 0.15) is 37.8 Å². The number of piperidine rings is 1. The average molecular weight is 230 g/mol. The molecule has 1 fully saturated rings. The maximum atomic E-state index is 12.1. The lowest BCUT2D eigenvalue weighted by molar-refractivity contribution is -0.130. The Morgan fingerprint density at radius 1 is 1.53 bits per heavy atom. The zero-order chi connectivity index (χ0) is 12.3. The Kier molecular flexibility index (Phi) is 3.57. The largest absolute Gasteiger partial charge is 0.332 e. The van der Waals surface area contributed by atoms with E-state index >= 15 is 0 Å². The number of aromatic nitrogens is 1. The molecular formula is C14H18N2O. The predicted octanol–water partition coefficient (Wildman–Crippen LogP) is 2.71. The maximum Gasteiger partial charge on any atom is 0.249 e. The molecule has 1 amide bonds. The Labute approximate surface area is 102 Å². The van der Waals surface area contributed by atoms with Gasteiger partial charge in [-0.3, -0.25) is 9.78 Å². The summed E-state index contributed by atoms with van der Waals surface area (Å²) >= 11 is 0. The first-order valence-corrected chi connectivity index (χ1v) is 6.06. The molecule has 0 N–H and O–H groups in total. The minimum Gasteiger partial charge on any atom is -0.332 e. The van der Waals surface area contributed by atoms with E-state index in [1.54, 1.807) is 13.1 Å². The number of amides is 1. The minimum atomic E-state index is 0.0681. The molecule has 2 rings (SSSR count). The molecule has 1 aromatic rings. The molecule has 1 aliphatic heterocycles. The highest BCUT2D eigenvalue weighted by Gasteiger charge is 2.27. The van der Waals surface area contributed by atoms with Gasteiger partial charge in [0.2, 0.25) is 5.91 Å². The molecule has 17 heavy (non-hydrogen) atoms. The first kappa shape index (κ1) is 11.8. The van der Waals surface area contributed by atoms with Gasteiger partial charge in [0.15, 0.2) is 0 Å². The highest BCUT2D eigenvalue weighted by Crippen LogP contribution is 2.31. The summed E-state index contributed by atoms with van der Waals surface area (Å²) in [6.07, 6.45) is 6.88. The fourth-order valence-corrected chi connectivity index (χ4v) is 2.34. The lowest BCUT2D eigenvalue weighted by Gasteiger charge is -2.36. The third-order valence-electron chi connectivity index (χ3n) is 3.20. The molecular weight excluding hydrogens is 212 g/mol. The first-order valence-electron chi connectivity index (χ1n) is 6.06. The van der Waals surface area contributed by atoms with Crippen LogP contribution in [-0.4, -0.2) is 22.3 Å². The quantitative estimate of drug-likeness (QED) is 0.732. The van der Waals surface area contributed by atoms with E-state index < -0.39 is 0 Å².